The Balaban J connectivity index is 1.87. The van der Waals surface area contributed by atoms with Crippen LogP contribution in [0.15, 0.2) is 10.2 Å². The first kappa shape index (κ1) is 31.6. The topological polar surface area (TPSA) is 201 Å². The molecule has 3 heterocycles. The van der Waals surface area contributed by atoms with Crippen LogP contribution >= 0.6 is 0 Å². The molecular weight excluding hydrogens is 562 g/mol. The van der Waals surface area contributed by atoms with Gasteiger partial charge in [-0.1, -0.05) is 0 Å². The van der Waals surface area contributed by atoms with E-state index in [9.17, 15) is 32.4 Å². The fraction of sp³-hybridized carbons (Fsp3) is 0.667. The van der Waals surface area contributed by atoms with E-state index in [2.05, 4.69) is 20.4 Å². The van der Waals surface area contributed by atoms with E-state index in [1.165, 1.54) is 0 Å². The zero-order valence-corrected chi connectivity index (χ0v) is 24.1. The lowest BCUT2D eigenvalue weighted by atomic mass is 10.2. The molecule has 0 atom stereocenters. The number of aromatic amines is 1. The minimum Gasteiger partial charge on any atom is -0.466 e. The molecule has 0 spiro atoms. The number of esters is 2. The van der Waals surface area contributed by atoms with Crippen molar-refractivity contribution >= 4 is 45.7 Å². The molecule has 2 fully saturated rings. The molecule has 41 heavy (non-hydrogen) atoms. The normalized spacial score (nSPS) is 17.5. The van der Waals surface area contributed by atoms with Crippen molar-refractivity contribution in [3.8, 4) is 0 Å². The number of nitrogens with zero attached hydrogens (tertiary/aromatic N) is 6. The lowest BCUT2D eigenvalue weighted by Gasteiger charge is -2.36. The molecule has 2 aliphatic heterocycles. The molecule has 226 valence electrons. The SMILES string of the molecule is CCOC(=O)CCCN1C(=O)C(N=Nc2n[nH]c(C)c2C(=O)N2CCCC2)C(=O)N(CCCC(=O)OCC)S1(=O)=O. The predicted molar refractivity (Wildman–Crippen MR) is 141 cm³/mol. The number of hydrogen-bond acceptors (Lipinski definition) is 12. The maximum atomic E-state index is 13.3. The van der Waals surface area contributed by atoms with Crippen molar-refractivity contribution < 1.29 is 41.9 Å². The number of hydrogen-bond donors (Lipinski definition) is 1. The number of aryl methyl sites for hydroxylation is 1. The number of amides is 3. The van der Waals surface area contributed by atoms with Crippen LogP contribution in [-0.2, 0) is 38.9 Å². The van der Waals surface area contributed by atoms with Crippen molar-refractivity contribution in [1.29, 1.82) is 0 Å². The Morgan fingerprint density at radius 2 is 1.46 bits per heavy atom. The van der Waals surface area contributed by atoms with E-state index in [0.29, 0.717) is 27.4 Å². The zero-order valence-electron chi connectivity index (χ0n) is 23.3. The quantitative estimate of drug-likeness (QED) is 0.194. The predicted octanol–water partition coefficient (Wildman–Crippen LogP) is 1.01. The number of azo groups is 1. The minimum absolute atomic E-state index is 0.0639. The van der Waals surface area contributed by atoms with Gasteiger partial charge < -0.3 is 14.4 Å². The molecule has 0 saturated carbocycles. The van der Waals surface area contributed by atoms with Crippen molar-refractivity contribution in [2.75, 3.05) is 39.4 Å². The molecule has 0 bridgehead atoms. The number of nitrogens with one attached hydrogen (secondary N) is 1. The van der Waals surface area contributed by atoms with Gasteiger partial charge in [-0.15, -0.1) is 5.11 Å². The molecule has 3 rings (SSSR count). The van der Waals surface area contributed by atoms with Gasteiger partial charge in [0.25, 0.3) is 17.7 Å². The highest BCUT2D eigenvalue weighted by atomic mass is 32.2. The minimum atomic E-state index is -4.65. The Morgan fingerprint density at radius 3 is 1.95 bits per heavy atom. The first-order chi connectivity index (χ1) is 19.5. The van der Waals surface area contributed by atoms with E-state index in [0.717, 1.165) is 12.8 Å². The van der Waals surface area contributed by atoms with Crippen LogP contribution in [0.2, 0.25) is 0 Å². The summed E-state index contributed by atoms with van der Waals surface area (Å²) in [5.41, 5.74) is 0.553. The lowest BCUT2D eigenvalue weighted by Crippen LogP contribution is -2.61. The third-order valence-electron chi connectivity index (χ3n) is 6.41. The van der Waals surface area contributed by atoms with E-state index < -0.39 is 53.1 Å². The standard InChI is InChI=1S/C24H35N7O9S/c1-4-39-17(32)10-8-14-30-23(35)20(24(36)31(41(30,37)38)15-9-11-18(33)40-5-2)26-28-21-19(16(3)25-27-21)22(34)29-12-6-7-13-29/h20H,4-15H2,1-3H3,(H,25,27). The van der Waals surface area contributed by atoms with Crippen LogP contribution in [0.1, 0.15) is 68.4 Å². The van der Waals surface area contributed by atoms with Gasteiger partial charge in [-0.2, -0.15) is 18.6 Å². The second-order valence-corrected chi connectivity index (χ2v) is 11.1. The third kappa shape index (κ3) is 7.45. The molecule has 0 aliphatic carbocycles. The van der Waals surface area contributed by atoms with Gasteiger partial charge >= 0.3 is 22.1 Å². The van der Waals surface area contributed by atoms with Crippen molar-refractivity contribution in [2.45, 2.75) is 65.3 Å². The van der Waals surface area contributed by atoms with Crippen molar-refractivity contribution in [2.24, 2.45) is 10.2 Å². The Labute approximate surface area is 237 Å². The molecule has 0 radical (unpaired) electrons. The first-order valence-electron chi connectivity index (χ1n) is 13.5. The van der Waals surface area contributed by atoms with Gasteiger partial charge in [-0.3, -0.25) is 29.1 Å². The van der Waals surface area contributed by atoms with Crippen molar-refractivity contribution in [3.63, 3.8) is 0 Å². The maximum absolute atomic E-state index is 13.3. The van der Waals surface area contributed by atoms with Crippen LogP contribution in [-0.4, -0.2) is 107 Å². The molecule has 1 N–H and O–H groups in total. The number of aromatic nitrogens is 2. The van der Waals surface area contributed by atoms with Gasteiger partial charge in [-0.25, -0.2) is 8.61 Å². The number of likely N-dealkylation sites (tertiary alicyclic amines) is 1. The van der Waals surface area contributed by atoms with Gasteiger partial charge in [0.05, 0.1) is 13.2 Å². The molecule has 0 aromatic carbocycles. The molecule has 16 nitrogen and oxygen atoms in total. The summed E-state index contributed by atoms with van der Waals surface area (Å²) >= 11 is 0. The number of ether oxygens (including phenoxy) is 2. The molecule has 17 heteroatoms. The Hall–Kier alpha value is -3.89. The van der Waals surface area contributed by atoms with Crippen LogP contribution in [0, 0.1) is 6.92 Å². The summed E-state index contributed by atoms with van der Waals surface area (Å²) in [5.74, 6) is -3.94. The average molecular weight is 598 g/mol. The van der Waals surface area contributed by atoms with E-state index in [1.54, 1.807) is 25.7 Å². The van der Waals surface area contributed by atoms with Gasteiger partial charge in [0.1, 0.15) is 5.56 Å². The summed E-state index contributed by atoms with van der Waals surface area (Å²) in [4.78, 5) is 64.7. The van der Waals surface area contributed by atoms with Crippen LogP contribution < -0.4 is 0 Å². The highest BCUT2D eigenvalue weighted by Gasteiger charge is 2.50. The fourth-order valence-electron chi connectivity index (χ4n) is 4.41. The van der Waals surface area contributed by atoms with E-state index >= 15 is 0 Å². The number of rotatable bonds is 13. The summed E-state index contributed by atoms with van der Waals surface area (Å²) in [5, 5.41) is 14.4. The van der Waals surface area contributed by atoms with Crippen LogP contribution in [0.3, 0.4) is 0 Å². The van der Waals surface area contributed by atoms with Crippen molar-refractivity contribution in [3.05, 3.63) is 11.3 Å². The lowest BCUT2D eigenvalue weighted by molar-refractivity contribution is -0.145. The molecule has 0 unspecified atom stereocenters. The average Bonchev–Trinajstić information content (AvgIpc) is 3.58. The molecular formula is C24H35N7O9S. The van der Waals surface area contributed by atoms with Crippen LogP contribution in [0.4, 0.5) is 5.82 Å². The number of H-pyrrole nitrogens is 1. The van der Waals surface area contributed by atoms with Gasteiger partial charge in [0.2, 0.25) is 11.9 Å². The second kappa shape index (κ2) is 14.1. The maximum Gasteiger partial charge on any atom is 0.330 e. The highest BCUT2D eigenvalue weighted by Crippen LogP contribution is 2.27. The largest absolute Gasteiger partial charge is 0.466 e. The number of carbonyl (C=O) groups is 5. The third-order valence-corrected chi connectivity index (χ3v) is 8.25. The summed E-state index contributed by atoms with van der Waals surface area (Å²) in [6.45, 7) is 5.43. The summed E-state index contributed by atoms with van der Waals surface area (Å²) in [7, 11) is -4.65. The molecule has 2 aliphatic rings. The summed E-state index contributed by atoms with van der Waals surface area (Å²) in [6, 6.07) is -1.89. The van der Waals surface area contributed by atoms with Crippen LogP contribution in [0.25, 0.3) is 0 Å². The van der Waals surface area contributed by atoms with E-state index in [4.69, 9.17) is 9.47 Å². The van der Waals surface area contributed by atoms with Crippen LogP contribution in [0.5, 0.6) is 0 Å². The first-order valence-corrected chi connectivity index (χ1v) is 14.9. The van der Waals surface area contributed by atoms with Crippen molar-refractivity contribution in [1.82, 2.24) is 23.7 Å². The number of carbonyl (C=O) groups excluding carboxylic acids is 5. The van der Waals surface area contributed by atoms with Gasteiger partial charge in [0.15, 0.2) is 0 Å². The van der Waals surface area contributed by atoms with E-state index in [-0.39, 0.29) is 56.2 Å². The fourth-order valence-corrected chi connectivity index (χ4v) is 6.02. The molecule has 3 amide bonds. The van der Waals surface area contributed by atoms with E-state index in [1.807, 2.05) is 0 Å². The molecule has 1 aromatic heterocycles. The summed E-state index contributed by atoms with van der Waals surface area (Å²) in [6.07, 6.45) is 1.26. The Kier molecular flexibility index (Phi) is 10.9. The van der Waals surface area contributed by atoms with Gasteiger partial charge in [-0.05, 0) is 46.5 Å². The Morgan fingerprint density at radius 1 is 0.951 bits per heavy atom. The second-order valence-electron chi connectivity index (χ2n) is 9.31. The zero-order chi connectivity index (χ0) is 30.2. The molecule has 1 aromatic rings. The summed E-state index contributed by atoms with van der Waals surface area (Å²) < 4.78 is 37.2. The smallest absolute Gasteiger partial charge is 0.330 e. The monoisotopic (exact) mass is 597 g/mol. The Bertz CT molecular complexity index is 1240. The highest BCUT2D eigenvalue weighted by molar-refractivity contribution is 7.88. The molecule has 2 saturated heterocycles. The van der Waals surface area contributed by atoms with Gasteiger partial charge in [0, 0.05) is 44.7 Å².